The summed E-state index contributed by atoms with van der Waals surface area (Å²) in [4.78, 5) is 14.7. The molecule has 2 N–H and O–H groups in total. The lowest BCUT2D eigenvalue weighted by Crippen LogP contribution is -2.47. The molecule has 4 nitrogen and oxygen atoms in total. The largest absolute Gasteiger partial charge is 0.384 e. The zero-order chi connectivity index (χ0) is 13.8. The highest BCUT2D eigenvalue weighted by Gasteiger charge is 2.35. The van der Waals surface area contributed by atoms with Crippen LogP contribution in [0, 0.1) is 17.8 Å². The van der Waals surface area contributed by atoms with Gasteiger partial charge in [-0.3, -0.25) is 4.79 Å². The minimum Gasteiger partial charge on any atom is -0.384 e. The molecule has 1 heterocycles. The molecule has 110 valence electrons. The van der Waals surface area contributed by atoms with Gasteiger partial charge in [0.1, 0.15) is 0 Å². The number of nitrogens with zero attached hydrogens (tertiary/aromatic N) is 1. The van der Waals surface area contributed by atoms with Gasteiger partial charge in [-0.2, -0.15) is 0 Å². The number of nitrogens with two attached hydrogens (primary N) is 1. The summed E-state index contributed by atoms with van der Waals surface area (Å²) in [5.41, 5.74) is 6.03. The Labute approximate surface area is 116 Å². The zero-order valence-corrected chi connectivity index (χ0v) is 12.3. The molecular weight excluding hydrogens is 240 g/mol. The topological polar surface area (TPSA) is 55.6 Å². The predicted molar refractivity (Wildman–Crippen MR) is 75.7 cm³/mol. The van der Waals surface area contributed by atoms with Crippen LogP contribution in [0.5, 0.6) is 0 Å². The molecule has 3 unspecified atom stereocenters. The SMILES string of the molecule is COCC1CCN(C(=O)C2CC(N)CCC2C)CC1. The van der Waals surface area contributed by atoms with Crippen LogP contribution in [-0.4, -0.2) is 43.7 Å². The number of likely N-dealkylation sites (tertiary alicyclic amines) is 1. The molecule has 1 aliphatic heterocycles. The summed E-state index contributed by atoms with van der Waals surface area (Å²) in [5, 5.41) is 0. The lowest BCUT2D eigenvalue weighted by atomic mass is 9.77. The highest BCUT2D eigenvalue weighted by Crippen LogP contribution is 2.31. The van der Waals surface area contributed by atoms with Crippen molar-refractivity contribution in [2.45, 2.75) is 45.1 Å². The van der Waals surface area contributed by atoms with Gasteiger partial charge in [0.2, 0.25) is 5.91 Å². The number of hydrogen-bond donors (Lipinski definition) is 1. The fraction of sp³-hybridized carbons (Fsp3) is 0.933. The van der Waals surface area contributed by atoms with E-state index >= 15 is 0 Å². The van der Waals surface area contributed by atoms with Crippen LogP contribution in [-0.2, 0) is 9.53 Å². The minimum absolute atomic E-state index is 0.155. The van der Waals surface area contributed by atoms with Gasteiger partial charge in [-0.1, -0.05) is 6.92 Å². The molecule has 0 aromatic heterocycles. The van der Waals surface area contributed by atoms with Crippen LogP contribution in [0.2, 0.25) is 0 Å². The van der Waals surface area contributed by atoms with Crippen LogP contribution in [0.25, 0.3) is 0 Å². The Morgan fingerprint density at radius 1 is 1.26 bits per heavy atom. The first kappa shape index (κ1) is 14.8. The molecule has 19 heavy (non-hydrogen) atoms. The van der Waals surface area contributed by atoms with E-state index in [1.807, 2.05) is 0 Å². The van der Waals surface area contributed by atoms with E-state index in [4.69, 9.17) is 10.5 Å². The molecule has 1 aliphatic carbocycles. The second kappa shape index (κ2) is 6.71. The van der Waals surface area contributed by atoms with Crippen molar-refractivity contribution in [2.75, 3.05) is 26.8 Å². The van der Waals surface area contributed by atoms with Gasteiger partial charge in [0.15, 0.2) is 0 Å². The van der Waals surface area contributed by atoms with Crippen LogP contribution in [0.1, 0.15) is 39.0 Å². The number of hydrogen-bond acceptors (Lipinski definition) is 3. The van der Waals surface area contributed by atoms with Crippen molar-refractivity contribution in [1.82, 2.24) is 4.90 Å². The first-order valence-electron chi connectivity index (χ1n) is 7.65. The number of carbonyl (C=O) groups excluding carboxylic acids is 1. The van der Waals surface area contributed by atoms with Gasteiger partial charge in [0, 0.05) is 38.8 Å². The van der Waals surface area contributed by atoms with Gasteiger partial charge < -0.3 is 15.4 Å². The zero-order valence-electron chi connectivity index (χ0n) is 12.3. The second-order valence-corrected chi connectivity index (χ2v) is 6.38. The van der Waals surface area contributed by atoms with E-state index in [9.17, 15) is 4.79 Å². The molecule has 1 saturated carbocycles. The van der Waals surface area contributed by atoms with Crippen molar-refractivity contribution in [3.05, 3.63) is 0 Å². The fourth-order valence-electron chi connectivity index (χ4n) is 3.49. The summed E-state index contributed by atoms with van der Waals surface area (Å²) in [6.07, 6.45) is 5.19. The van der Waals surface area contributed by atoms with Gasteiger partial charge in [-0.25, -0.2) is 0 Å². The van der Waals surface area contributed by atoms with Crippen molar-refractivity contribution in [3.63, 3.8) is 0 Å². The third kappa shape index (κ3) is 3.69. The number of ether oxygens (including phenoxy) is 1. The van der Waals surface area contributed by atoms with Crippen LogP contribution in [0.4, 0.5) is 0 Å². The molecule has 0 bridgehead atoms. The maximum absolute atomic E-state index is 12.6. The average Bonchev–Trinajstić information content (AvgIpc) is 2.42. The first-order valence-corrected chi connectivity index (χ1v) is 7.65. The van der Waals surface area contributed by atoms with Crippen molar-refractivity contribution in [3.8, 4) is 0 Å². The third-order valence-electron chi connectivity index (χ3n) is 4.88. The maximum Gasteiger partial charge on any atom is 0.226 e. The second-order valence-electron chi connectivity index (χ2n) is 6.38. The van der Waals surface area contributed by atoms with Gasteiger partial charge in [0.05, 0.1) is 0 Å². The number of methoxy groups -OCH3 is 1. The van der Waals surface area contributed by atoms with Crippen molar-refractivity contribution in [2.24, 2.45) is 23.5 Å². The molecule has 3 atom stereocenters. The third-order valence-corrected chi connectivity index (χ3v) is 4.88. The van der Waals surface area contributed by atoms with E-state index in [1.54, 1.807) is 7.11 Å². The lowest BCUT2D eigenvalue weighted by Gasteiger charge is -2.38. The Hall–Kier alpha value is -0.610. The Morgan fingerprint density at radius 2 is 1.95 bits per heavy atom. The molecule has 0 spiro atoms. The van der Waals surface area contributed by atoms with E-state index in [-0.39, 0.29) is 12.0 Å². The molecule has 2 fully saturated rings. The predicted octanol–water partition coefficient (Wildman–Crippen LogP) is 1.63. The van der Waals surface area contributed by atoms with E-state index in [1.165, 1.54) is 0 Å². The number of piperidine rings is 1. The molecule has 2 rings (SSSR count). The van der Waals surface area contributed by atoms with Crippen molar-refractivity contribution < 1.29 is 9.53 Å². The molecule has 0 aromatic carbocycles. The smallest absolute Gasteiger partial charge is 0.226 e. The van der Waals surface area contributed by atoms with Crippen LogP contribution < -0.4 is 5.73 Å². The Balaban J connectivity index is 1.86. The summed E-state index contributed by atoms with van der Waals surface area (Å²) < 4.78 is 5.20. The number of rotatable bonds is 3. The standard InChI is InChI=1S/C15H28N2O2/c1-11-3-4-13(16)9-14(11)15(18)17-7-5-12(6-8-17)10-19-2/h11-14H,3-10,16H2,1-2H3. The molecule has 0 aromatic rings. The summed E-state index contributed by atoms with van der Waals surface area (Å²) >= 11 is 0. The first-order chi connectivity index (χ1) is 9.11. The van der Waals surface area contributed by atoms with E-state index in [0.717, 1.165) is 51.8 Å². The highest BCUT2D eigenvalue weighted by atomic mass is 16.5. The van der Waals surface area contributed by atoms with E-state index in [0.29, 0.717) is 17.7 Å². The number of amides is 1. The molecule has 0 radical (unpaired) electrons. The van der Waals surface area contributed by atoms with Gasteiger partial charge >= 0.3 is 0 Å². The Bertz CT molecular complexity index is 301. The Kier molecular flexibility index (Phi) is 5.22. The fourth-order valence-corrected chi connectivity index (χ4v) is 3.49. The van der Waals surface area contributed by atoms with Gasteiger partial charge in [-0.05, 0) is 43.9 Å². The minimum atomic E-state index is 0.155. The van der Waals surface area contributed by atoms with Crippen molar-refractivity contribution in [1.29, 1.82) is 0 Å². The monoisotopic (exact) mass is 268 g/mol. The summed E-state index contributed by atoms with van der Waals surface area (Å²) in [5.74, 6) is 1.62. The quantitative estimate of drug-likeness (QED) is 0.846. The van der Waals surface area contributed by atoms with Crippen LogP contribution in [0.15, 0.2) is 0 Å². The summed E-state index contributed by atoms with van der Waals surface area (Å²) in [7, 11) is 1.75. The number of carbonyl (C=O) groups is 1. The molecule has 1 amide bonds. The van der Waals surface area contributed by atoms with E-state index < -0.39 is 0 Å². The van der Waals surface area contributed by atoms with Crippen LogP contribution in [0.3, 0.4) is 0 Å². The maximum atomic E-state index is 12.6. The van der Waals surface area contributed by atoms with Gasteiger partial charge in [0.25, 0.3) is 0 Å². The molecule has 2 aliphatic rings. The van der Waals surface area contributed by atoms with Crippen LogP contribution >= 0.6 is 0 Å². The summed E-state index contributed by atoms with van der Waals surface area (Å²) in [6.45, 7) is 4.81. The molecule has 1 saturated heterocycles. The Morgan fingerprint density at radius 3 is 2.58 bits per heavy atom. The normalized spacial score (nSPS) is 33.4. The molecular formula is C15H28N2O2. The lowest BCUT2D eigenvalue weighted by molar-refractivity contribution is -0.140. The average molecular weight is 268 g/mol. The van der Waals surface area contributed by atoms with Crippen molar-refractivity contribution >= 4 is 5.91 Å². The highest BCUT2D eigenvalue weighted by molar-refractivity contribution is 5.79. The molecule has 4 heteroatoms. The summed E-state index contributed by atoms with van der Waals surface area (Å²) in [6, 6.07) is 0.219. The van der Waals surface area contributed by atoms with Gasteiger partial charge in [-0.15, -0.1) is 0 Å². The van der Waals surface area contributed by atoms with E-state index in [2.05, 4.69) is 11.8 Å².